The number of hydrogen-bond acceptors (Lipinski definition) is 4. The van der Waals surface area contributed by atoms with Crippen LogP contribution in [0.5, 0.6) is 11.5 Å². The Morgan fingerprint density at radius 1 is 1.21 bits per heavy atom. The fraction of sp³-hybridized carbons (Fsp3) is 0.636. The van der Waals surface area contributed by atoms with Gasteiger partial charge in [0.15, 0.2) is 16.6 Å². The number of nitrogens with one attached hydrogen (secondary N) is 3. The van der Waals surface area contributed by atoms with Crippen LogP contribution in [0.4, 0.5) is 0 Å². The lowest BCUT2D eigenvalue weighted by Gasteiger charge is -2.35. The highest BCUT2D eigenvalue weighted by atomic mass is 32.1. The van der Waals surface area contributed by atoms with Crippen LogP contribution in [-0.2, 0) is 0 Å². The van der Waals surface area contributed by atoms with E-state index >= 15 is 0 Å². The fourth-order valence-electron chi connectivity index (χ4n) is 3.51. The number of amides is 1. The van der Waals surface area contributed by atoms with Crippen LogP contribution in [0.25, 0.3) is 0 Å². The predicted molar refractivity (Wildman–Crippen MR) is 120 cm³/mol. The third-order valence-corrected chi connectivity index (χ3v) is 5.91. The molecule has 0 heterocycles. The lowest BCUT2D eigenvalue weighted by molar-refractivity contribution is 0.0942. The summed E-state index contributed by atoms with van der Waals surface area (Å²) < 4.78 is 11.1. The van der Waals surface area contributed by atoms with E-state index in [1.165, 1.54) is 12.8 Å². The zero-order chi connectivity index (χ0) is 21.4. The van der Waals surface area contributed by atoms with Crippen molar-refractivity contribution in [2.75, 3.05) is 13.7 Å². The number of hydrogen-bond donors (Lipinski definition) is 3. The van der Waals surface area contributed by atoms with Crippen molar-refractivity contribution in [2.45, 2.75) is 59.4 Å². The second-order valence-corrected chi connectivity index (χ2v) is 8.73. The van der Waals surface area contributed by atoms with E-state index in [1.54, 1.807) is 25.3 Å². The van der Waals surface area contributed by atoms with Crippen molar-refractivity contribution in [2.24, 2.45) is 17.8 Å². The first-order valence-corrected chi connectivity index (χ1v) is 10.9. The fourth-order valence-corrected chi connectivity index (χ4v) is 3.71. The van der Waals surface area contributed by atoms with Gasteiger partial charge in [-0.15, -0.1) is 0 Å². The predicted octanol–water partition coefficient (Wildman–Crippen LogP) is 4.05. The molecule has 2 rings (SSSR count). The van der Waals surface area contributed by atoms with Gasteiger partial charge in [-0.05, 0) is 61.0 Å². The molecule has 0 spiro atoms. The van der Waals surface area contributed by atoms with Gasteiger partial charge in [-0.3, -0.25) is 15.6 Å². The number of methoxy groups -OCH3 is 1. The van der Waals surface area contributed by atoms with Crippen molar-refractivity contribution < 1.29 is 14.3 Å². The van der Waals surface area contributed by atoms with Gasteiger partial charge in [-0.2, -0.15) is 0 Å². The van der Waals surface area contributed by atoms with E-state index in [2.05, 4.69) is 43.9 Å². The first-order chi connectivity index (χ1) is 13.8. The van der Waals surface area contributed by atoms with Gasteiger partial charge in [0.05, 0.1) is 13.7 Å². The van der Waals surface area contributed by atoms with Gasteiger partial charge in [0.2, 0.25) is 0 Å². The van der Waals surface area contributed by atoms with Crippen molar-refractivity contribution in [1.82, 2.24) is 16.2 Å². The van der Waals surface area contributed by atoms with Gasteiger partial charge in [-0.1, -0.05) is 40.5 Å². The molecule has 162 valence electrons. The molecule has 3 atom stereocenters. The summed E-state index contributed by atoms with van der Waals surface area (Å²) in [7, 11) is 1.57. The summed E-state index contributed by atoms with van der Waals surface area (Å²) in [4.78, 5) is 12.5. The highest BCUT2D eigenvalue weighted by Gasteiger charge is 2.27. The third kappa shape index (κ3) is 7.07. The first kappa shape index (κ1) is 23.3. The Bertz CT molecular complexity index is 696. The summed E-state index contributed by atoms with van der Waals surface area (Å²) in [6.45, 7) is 9.44. The summed E-state index contributed by atoms with van der Waals surface area (Å²) >= 11 is 5.35. The zero-order valence-electron chi connectivity index (χ0n) is 18.2. The van der Waals surface area contributed by atoms with Crippen molar-refractivity contribution in [1.29, 1.82) is 0 Å². The number of hydrazine groups is 1. The standard InChI is InChI=1S/C22H35N3O3S/c1-14(2)11-12-28-19-10-9-17(13-20(19)27-5)21(26)24-25-22(29)23-18-8-6-7-15(3)16(18)4/h9-10,13-16,18H,6-8,11-12H2,1-5H3,(H,24,26)(H2,23,25,29)/t15-,16+,18-/m0/s1. The summed E-state index contributed by atoms with van der Waals surface area (Å²) in [6.07, 6.45) is 4.51. The molecule has 3 N–H and O–H groups in total. The summed E-state index contributed by atoms with van der Waals surface area (Å²) in [6, 6.07) is 5.47. The van der Waals surface area contributed by atoms with Gasteiger partial charge < -0.3 is 14.8 Å². The SMILES string of the molecule is COc1cc(C(=O)NNC(=S)N[C@H]2CCC[C@H](C)[C@H]2C)ccc1OCCC(C)C. The van der Waals surface area contributed by atoms with E-state index in [4.69, 9.17) is 21.7 Å². The molecule has 1 aromatic carbocycles. The number of benzene rings is 1. The lowest BCUT2D eigenvalue weighted by Crippen LogP contribution is -2.52. The maximum absolute atomic E-state index is 12.5. The molecule has 6 nitrogen and oxygen atoms in total. The number of carbonyl (C=O) groups excluding carboxylic acids is 1. The van der Waals surface area contributed by atoms with Crippen molar-refractivity contribution >= 4 is 23.2 Å². The molecule has 1 aliphatic carbocycles. The minimum Gasteiger partial charge on any atom is -0.493 e. The maximum Gasteiger partial charge on any atom is 0.269 e. The number of carbonyl (C=O) groups is 1. The maximum atomic E-state index is 12.5. The van der Waals surface area contributed by atoms with Gasteiger partial charge in [0.1, 0.15) is 0 Å². The van der Waals surface area contributed by atoms with Crippen LogP contribution in [-0.4, -0.2) is 30.8 Å². The van der Waals surface area contributed by atoms with Crippen LogP contribution >= 0.6 is 12.2 Å². The minimum atomic E-state index is -0.286. The average Bonchev–Trinajstić information content (AvgIpc) is 2.69. The van der Waals surface area contributed by atoms with Crippen molar-refractivity contribution in [3.63, 3.8) is 0 Å². The van der Waals surface area contributed by atoms with Crippen LogP contribution in [0.3, 0.4) is 0 Å². The Kier molecular flexibility index (Phi) is 9.01. The average molecular weight is 422 g/mol. The highest BCUT2D eigenvalue weighted by molar-refractivity contribution is 7.80. The molecule has 0 saturated heterocycles. The second kappa shape index (κ2) is 11.2. The lowest BCUT2D eigenvalue weighted by atomic mass is 9.78. The molecule has 7 heteroatoms. The zero-order valence-corrected chi connectivity index (χ0v) is 19.0. The molecule has 1 fully saturated rings. The largest absolute Gasteiger partial charge is 0.493 e. The van der Waals surface area contributed by atoms with E-state index in [1.807, 2.05) is 0 Å². The van der Waals surface area contributed by atoms with Crippen LogP contribution in [0.1, 0.15) is 63.7 Å². The van der Waals surface area contributed by atoms with Crippen LogP contribution < -0.4 is 25.6 Å². The van der Waals surface area contributed by atoms with Crippen LogP contribution in [0.2, 0.25) is 0 Å². The van der Waals surface area contributed by atoms with Gasteiger partial charge >= 0.3 is 0 Å². The van der Waals surface area contributed by atoms with E-state index < -0.39 is 0 Å². The Hall–Kier alpha value is -2.02. The molecule has 1 aromatic rings. The molecule has 0 unspecified atom stereocenters. The molecular weight excluding hydrogens is 386 g/mol. The number of ether oxygens (including phenoxy) is 2. The van der Waals surface area contributed by atoms with E-state index in [0.717, 1.165) is 12.8 Å². The Morgan fingerprint density at radius 3 is 2.66 bits per heavy atom. The molecule has 1 saturated carbocycles. The van der Waals surface area contributed by atoms with Gasteiger partial charge in [0.25, 0.3) is 5.91 Å². The normalized spacial score (nSPS) is 21.4. The molecule has 1 aliphatic rings. The molecule has 29 heavy (non-hydrogen) atoms. The molecule has 1 amide bonds. The van der Waals surface area contributed by atoms with Crippen LogP contribution in [0, 0.1) is 17.8 Å². The van der Waals surface area contributed by atoms with Gasteiger partial charge in [-0.25, -0.2) is 0 Å². The second-order valence-electron chi connectivity index (χ2n) is 8.32. The molecule has 0 aliphatic heterocycles. The molecule has 0 radical (unpaired) electrons. The number of thiocarbonyl (C=S) groups is 1. The highest BCUT2D eigenvalue weighted by Crippen LogP contribution is 2.30. The topological polar surface area (TPSA) is 71.6 Å². The summed E-state index contributed by atoms with van der Waals surface area (Å²) in [5.41, 5.74) is 5.93. The quantitative estimate of drug-likeness (QED) is 0.456. The molecule has 0 bridgehead atoms. The Labute approximate surface area is 180 Å². The van der Waals surface area contributed by atoms with E-state index in [9.17, 15) is 4.79 Å². The van der Waals surface area contributed by atoms with Crippen molar-refractivity contribution in [3.8, 4) is 11.5 Å². The smallest absolute Gasteiger partial charge is 0.269 e. The molecular formula is C22H35N3O3S. The van der Waals surface area contributed by atoms with Gasteiger partial charge in [0, 0.05) is 11.6 Å². The van der Waals surface area contributed by atoms with Crippen LogP contribution in [0.15, 0.2) is 18.2 Å². The third-order valence-electron chi connectivity index (χ3n) is 5.69. The summed E-state index contributed by atoms with van der Waals surface area (Å²) in [5, 5.41) is 3.77. The Morgan fingerprint density at radius 2 is 1.97 bits per heavy atom. The molecule has 0 aromatic heterocycles. The van der Waals surface area contributed by atoms with E-state index in [0.29, 0.717) is 52.6 Å². The number of rotatable bonds is 7. The summed E-state index contributed by atoms with van der Waals surface area (Å²) in [5.74, 6) is 2.67. The van der Waals surface area contributed by atoms with E-state index in [-0.39, 0.29) is 5.91 Å². The monoisotopic (exact) mass is 421 g/mol. The van der Waals surface area contributed by atoms with Crippen molar-refractivity contribution in [3.05, 3.63) is 23.8 Å². The Balaban J connectivity index is 1.87. The first-order valence-electron chi connectivity index (χ1n) is 10.5. The minimum absolute atomic E-state index is 0.286.